The summed E-state index contributed by atoms with van der Waals surface area (Å²) in [6.45, 7) is 2.04. The summed E-state index contributed by atoms with van der Waals surface area (Å²) in [5.74, 6) is 1.07. The van der Waals surface area contributed by atoms with E-state index < -0.39 is 0 Å². The zero-order chi connectivity index (χ0) is 13.8. The van der Waals surface area contributed by atoms with Crippen LogP contribution in [0.4, 0.5) is 5.82 Å². The lowest BCUT2D eigenvalue weighted by molar-refractivity contribution is 0.0818. The minimum Gasteiger partial charge on any atom is -0.381 e. The van der Waals surface area contributed by atoms with E-state index in [1.54, 1.807) is 7.11 Å². The summed E-state index contributed by atoms with van der Waals surface area (Å²) in [4.78, 5) is 6.87. The zero-order valence-electron chi connectivity index (χ0n) is 11.8. The van der Waals surface area contributed by atoms with Gasteiger partial charge in [0.05, 0.1) is 6.10 Å². The van der Waals surface area contributed by atoms with Crippen LogP contribution in [0.25, 0.3) is 11.1 Å². The Hall–Kier alpha value is -1.87. The second-order valence-electron chi connectivity index (χ2n) is 5.19. The Labute approximate surface area is 120 Å². The van der Waals surface area contributed by atoms with Crippen LogP contribution in [0.2, 0.25) is 0 Å². The van der Waals surface area contributed by atoms with Gasteiger partial charge < -0.3 is 9.64 Å². The minimum atomic E-state index is 0.406. The third-order valence-corrected chi connectivity index (χ3v) is 3.95. The van der Waals surface area contributed by atoms with Gasteiger partial charge >= 0.3 is 0 Å². The van der Waals surface area contributed by atoms with Crippen molar-refractivity contribution in [2.45, 2.75) is 18.9 Å². The molecule has 1 saturated heterocycles. The predicted octanol–water partition coefficient (Wildman–Crippen LogP) is 3.36. The van der Waals surface area contributed by atoms with Crippen molar-refractivity contribution in [1.82, 2.24) is 4.98 Å². The lowest BCUT2D eigenvalue weighted by Crippen LogP contribution is -2.37. The average Bonchev–Trinajstić information content (AvgIpc) is 2.56. The fraction of sp³-hybridized carbons (Fsp3) is 0.353. The SMILES string of the molecule is COC1CCN(c2cc(-c3ccccc3)ccn2)CC1. The molecule has 104 valence electrons. The van der Waals surface area contributed by atoms with Crippen LogP contribution in [0.5, 0.6) is 0 Å². The molecule has 0 aliphatic carbocycles. The van der Waals surface area contributed by atoms with Gasteiger partial charge in [-0.05, 0) is 36.1 Å². The first-order chi connectivity index (χ1) is 9.86. The molecule has 20 heavy (non-hydrogen) atoms. The van der Waals surface area contributed by atoms with E-state index in [0.717, 1.165) is 31.7 Å². The van der Waals surface area contributed by atoms with Crippen molar-refractivity contribution in [3.63, 3.8) is 0 Å². The molecule has 1 aliphatic heterocycles. The molecule has 3 nitrogen and oxygen atoms in total. The standard InChI is InChI=1S/C17H20N2O/c1-20-16-8-11-19(12-9-16)17-13-15(7-10-18-17)14-5-3-2-4-6-14/h2-7,10,13,16H,8-9,11-12H2,1H3. The van der Waals surface area contributed by atoms with E-state index in [-0.39, 0.29) is 0 Å². The van der Waals surface area contributed by atoms with E-state index in [9.17, 15) is 0 Å². The summed E-state index contributed by atoms with van der Waals surface area (Å²) in [6.07, 6.45) is 4.46. The van der Waals surface area contributed by atoms with Crippen LogP contribution < -0.4 is 4.90 Å². The monoisotopic (exact) mass is 268 g/mol. The van der Waals surface area contributed by atoms with Gasteiger partial charge in [-0.25, -0.2) is 4.98 Å². The molecule has 0 saturated carbocycles. The van der Waals surface area contributed by atoms with Gasteiger partial charge in [-0.15, -0.1) is 0 Å². The molecule has 0 atom stereocenters. The Kier molecular flexibility index (Phi) is 3.97. The van der Waals surface area contributed by atoms with Crippen molar-refractivity contribution in [1.29, 1.82) is 0 Å². The Morgan fingerprint density at radius 2 is 1.80 bits per heavy atom. The molecule has 0 radical (unpaired) electrons. The number of nitrogens with zero attached hydrogens (tertiary/aromatic N) is 2. The Bertz CT molecular complexity index is 548. The van der Waals surface area contributed by atoms with Crippen molar-refractivity contribution in [2.75, 3.05) is 25.1 Å². The number of ether oxygens (including phenoxy) is 1. The molecule has 2 heterocycles. The first-order valence-corrected chi connectivity index (χ1v) is 7.16. The number of benzene rings is 1. The van der Waals surface area contributed by atoms with E-state index in [4.69, 9.17) is 4.74 Å². The van der Waals surface area contributed by atoms with Gasteiger partial charge in [-0.2, -0.15) is 0 Å². The highest BCUT2D eigenvalue weighted by Crippen LogP contribution is 2.25. The first kappa shape index (κ1) is 13.1. The maximum absolute atomic E-state index is 5.42. The normalized spacial score (nSPS) is 16.4. The van der Waals surface area contributed by atoms with Gasteiger partial charge in [0.25, 0.3) is 0 Å². The molecule has 0 N–H and O–H groups in total. The topological polar surface area (TPSA) is 25.4 Å². The molecule has 0 amide bonds. The van der Waals surface area contributed by atoms with Crippen molar-refractivity contribution in [3.05, 3.63) is 48.7 Å². The summed E-state index contributed by atoms with van der Waals surface area (Å²) in [5.41, 5.74) is 2.47. The Morgan fingerprint density at radius 3 is 2.50 bits per heavy atom. The number of aromatic nitrogens is 1. The molecule has 0 unspecified atom stereocenters. The third-order valence-electron chi connectivity index (χ3n) is 3.95. The quantitative estimate of drug-likeness (QED) is 0.853. The predicted molar refractivity (Wildman–Crippen MR) is 81.9 cm³/mol. The second kappa shape index (κ2) is 6.06. The molecule has 1 aromatic heterocycles. The fourth-order valence-corrected chi connectivity index (χ4v) is 2.72. The molecule has 1 aliphatic rings. The van der Waals surface area contributed by atoms with E-state index in [1.807, 2.05) is 12.3 Å². The molecule has 3 rings (SSSR count). The highest BCUT2D eigenvalue weighted by Gasteiger charge is 2.19. The van der Waals surface area contributed by atoms with Crippen LogP contribution in [0.15, 0.2) is 48.7 Å². The third kappa shape index (κ3) is 2.83. The van der Waals surface area contributed by atoms with Crippen LogP contribution in [0.3, 0.4) is 0 Å². The smallest absolute Gasteiger partial charge is 0.129 e. The van der Waals surface area contributed by atoms with Crippen LogP contribution >= 0.6 is 0 Å². The van der Waals surface area contributed by atoms with Crippen LogP contribution in [-0.4, -0.2) is 31.3 Å². The molecule has 1 aromatic carbocycles. The maximum Gasteiger partial charge on any atom is 0.129 e. The number of hydrogen-bond acceptors (Lipinski definition) is 3. The molecule has 2 aromatic rings. The van der Waals surface area contributed by atoms with Crippen molar-refractivity contribution in [2.24, 2.45) is 0 Å². The molecular formula is C17H20N2O. The molecular weight excluding hydrogens is 248 g/mol. The van der Waals surface area contributed by atoms with Gasteiger partial charge in [-0.1, -0.05) is 30.3 Å². The first-order valence-electron chi connectivity index (χ1n) is 7.16. The summed E-state index contributed by atoms with van der Waals surface area (Å²) >= 11 is 0. The average molecular weight is 268 g/mol. The maximum atomic E-state index is 5.42. The number of pyridine rings is 1. The zero-order valence-corrected chi connectivity index (χ0v) is 11.8. The van der Waals surface area contributed by atoms with Crippen molar-refractivity contribution >= 4 is 5.82 Å². The van der Waals surface area contributed by atoms with Crippen molar-refractivity contribution < 1.29 is 4.74 Å². The number of methoxy groups -OCH3 is 1. The number of hydrogen-bond donors (Lipinski definition) is 0. The number of anilines is 1. The minimum absolute atomic E-state index is 0.406. The Morgan fingerprint density at radius 1 is 1.05 bits per heavy atom. The van der Waals surface area contributed by atoms with Gasteiger partial charge in [0.15, 0.2) is 0 Å². The molecule has 3 heteroatoms. The van der Waals surface area contributed by atoms with Gasteiger partial charge in [0, 0.05) is 26.4 Å². The summed E-state index contributed by atoms with van der Waals surface area (Å²) in [5, 5.41) is 0. The van der Waals surface area contributed by atoms with Crippen LogP contribution in [-0.2, 0) is 4.74 Å². The van der Waals surface area contributed by atoms with E-state index in [2.05, 4.69) is 46.3 Å². The van der Waals surface area contributed by atoms with Gasteiger partial charge in [-0.3, -0.25) is 0 Å². The van der Waals surface area contributed by atoms with Gasteiger partial charge in [0.1, 0.15) is 5.82 Å². The summed E-state index contributed by atoms with van der Waals surface area (Å²) in [6, 6.07) is 14.7. The molecule has 0 bridgehead atoms. The summed E-state index contributed by atoms with van der Waals surface area (Å²) in [7, 11) is 1.80. The van der Waals surface area contributed by atoms with E-state index >= 15 is 0 Å². The molecule has 1 fully saturated rings. The lowest BCUT2D eigenvalue weighted by atomic mass is 10.1. The fourth-order valence-electron chi connectivity index (χ4n) is 2.72. The van der Waals surface area contributed by atoms with E-state index in [0.29, 0.717) is 6.10 Å². The highest BCUT2D eigenvalue weighted by molar-refractivity contribution is 5.66. The highest BCUT2D eigenvalue weighted by atomic mass is 16.5. The van der Waals surface area contributed by atoms with Crippen LogP contribution in [0.1, 0.15) is 12.8 Å². The second-order valence-corrected chi connectivity index (χ2v) is 5.19. The van der Waals surface area contributed by atoms with Crippen molar-refractivity contribution in [3.8, 4) is 11.1 Å². The summed E-state index contributed by atoms with van der Waals surface area (Å²) < 4.78 is 5.42. The Balaban J connectivity index is 1.78. The number of rotatable bonds is 3. The number of piperidine rings is 1. The molecule has 0 spiro atoms. The lowest BCUT2D eigenvalue weighted by Gasteiger charge is -2.32. The largest absolute Gasteiger partial charge is 0.381 e. The van der Waals surface area contributed by atoms with Gasteiger partial charge in [0.2, 0.25) is 0 Å². The van der Waals surface area contributed by atoms with Crippen LogP contribution in [0, 0.1) is 0 Å². The van der Waals surface area contributed by atoms with E-state index in [1.165, 1.54) is 11.1 Å².